The Morgan fingerprint density at radius 1 is 1.19 bits per heavy atom. The van der Waals surface area contributed by atoms with Gasteiger partial charge in [0.15, 0.2) is 0 Å². The molecule has 1 atom stereocenters. The molecule has 8 nitrogen and oxygen atoms in total. The highest BCUT2D eigenvalue weighted by Gasteiger charge is 2.21. The van der Waals surface area contributed by atoms with E-state index < -0.39 is 0 Å². The first-order chi connectivity index (χ1) is 13.3. The second-order valence-corrected chi connectivity index (χ2v) is 6.85. The van der Waals surface area contributed by atoms with E-state index >= 15 is 0 Å². The van der Waals surface area contributed by atoms with E-state index in [0.717, 1.165) is 31.9 Å². The predicted molar refractivity (Wildman–Crippen MR) is 99.8 cm³/mol. The number of benzene rings is 1. The molecule has 0 bridgehead atoms. The zero-order chi connectivity index (χ0) is 18.5. The third-order valence-electron chi connectivity index (χ3n) is 4.83. The van der Waals surface area contributed by atoms with Crippen LogP contribution in [0, 0.1) is 5.92 Å². The molecule has 27 heavy (non-hydrogen) atoms. The van der Waals surface area contributed by atoms with Crippen LogP contribution in [0.3, 0.4) is 0 Å². The van der Waals surface area contributed by atoms with Crippen LogP contribution in [-0.4, -0.2) is 55.3 Å². The van der Waals surface area contributed by atoms with Crippen molar-refractivity contribution in [3.63, 3.8) is 0 Å². The van der Waals surface area contributed by atoms with Crippen LogP contribution < -0.4 is 4.74 Å². The van der Waals surface area contributed by atoms with Crippen molar-refractivity contribution in [2.24, 2.45) is 5.92 Å². The number of piperidine rings is 1. The number of aromatic nitrogens is 6. The molecule has 1 aromatic carbocycles. The lowest BCUT2D eigenvalue weighted by Crippen LogP contribution is -2.36. The number of rotatable bonds is 6. The third-order valence-corrected chi connectivity index (χ3v) is 4.83. The molecule has 8 heteroatoms. The summed E-state index contributed by atoms with van der Waals surface area (Å²) in [4.78, 5) is 12.5. The molecule has 140 valence electrons. The van der Waals surface area contributed by atoms with Crippen molar-refractivity contribution in [3.05, 3.63) is 48.4 Å². The number of hydrogen-bond acceptors (Lipinski definition) is 7. The highest BCUT2D eigenvalue weighted by atomic mass is 16.5. The number of tetrazole rings is 1. The molecule has 0 aliphatic carbocycles. The van der Waals surface area contributed by atoms with Crippen LogP contribution in [0.1, 0.15) is 18.4 Å². The minimum Gasteiger partial charge on any atom is -0.497 e. The van der Waals surface area contributed by atoms with Crippen LogP contribution in [0.5, 0.6) is 5.75 Å². The Kier molecular flexibility index (Phi) is 5.34. The maximum absolute atomic E-state index is 5.23. The molecule has 0 spiro atoms. The summed E-state index contributed by atoms with van der Waals surface area (Å²) in [6.45, 7) is 3.88. The molecule has 0 unspecified atom stereocenters. The Morgan fingerprint density at radius 2 is 2.07 bits per heavy atom. The molecule has 2 aromatic heterocycles. The first kappa shape index (κ1) is 17.5. The van der Waals surface area contributed by atoms with E-state index in [0.29, 0.717) is 17.4 Å². The standard InChI is InChI=1S/C19H23N7O/c1-27-17-6-4-15(5-7-17)12-25-10-2-3-16(13-25)14-26-23-19(22-24-26)18-11-20-8-9-21-18/h4-9,11,16H,2-3,10,12-14H2,1H3/t16-/m0/s1. The molecule has 3 heterocycles. The van der Waals surface area contributed by atoms with Gasteiger partial charge in [0.25, 0.3) is 0 Å². The van der Waals surface area contributed by atoms with Crippen molar-refractivity contribution < 1.29 is 4.74 Å². The fourth-order valence-corrected chi connectivity index (χ4v) is 3.50. The van der Waals surface area contributed by atoms with E-state index in [-0.39, 0.29) is 0 Å². The molecule has 0 N–H and O–H groups in total. The van der Waals surface area contributed by atoms with E-state index in [9.17, 15) is 0 Å². The van der Waals surface area contributed by atoms with Gasteiger partial charge < -0.3 is 4.74 Å². The third kappa shape index (κ3) is 4.46. The Bertz CT molecular complexity index is 850. The monoisotopic (exact) mass is 365 g/mol. The van der Waals surface area contributed by atoms with Crippen molar-refractivity contribution in [1.29, 1.82) is 0 Å². The normalized spacial score (nSPS) is 17.7. The van der Waals surface area contributed by atoms with Gasteiger partial charge in [-0.2, -0.15) is 4.80 Å². The van der Waals surface area contributed by atoms with Crippen molar-refractivity contribution in [2.45, 2.75) is 25.9 Å². The Labute approximate surface area is 158 Å². The summed E-state index contributed by atoms with van der Waals surface area (Å²) in [7, 11) is 1.69. The van der Waals surface area contributed by atoms with E-state index in [1.807, 2.05) is 12.1 Å². The first-order valence-electron chi connectivity index (χ1n) is 9.19. The zero-order valence-electron chi connectivity index (χ0n) is 15.4. The predicted octanol–water partition coefficient (Wildman–Crippen LogP) is 2.05. The highest BCUT2D eigenvalue weighted by Crippen LogP contribution is 2.21. The Morgan fingerprint density at radius 3 is 2.85 bits per heavy atom. The molecule has 3 aromatic rings. The molecule has 0 amide bonds. The van der Waals surface area contributed by atoms with Gasteiger partial charge in [0.05, 0.1) is 19.9 Å². The summed E-state index contributed by atoms with van der Waals surface area (Å²) >= 11 is 0. The molecule has 4 rings (SSSR count). The zero-order valence-corrected chi connectivity index (χ0v) is 15.4. The maximum Gasteiger partial charge on any atom is 0.224 e. The van der Waals surface area contributed by atoms with Gasteiger partial charge in [-0.15, -0.1) is 10.2 Å². The molecule has 0 saturated carbocycles. The average Bonchev–Trinajstić information content (AvgIpc) is 3.18. The number of ether oxygens (including phenoxy) is 1. The second-order valence-electron chi connectivity index (χ2n) is 6.85. The SMILES string of the molecule is COc1ccc(CN2CCC[C@H](Cn3nnc(-c4cnccn4)n3)C2)cc1. The van der Waals surface area contributed by atoms with Crippen molar-refractivity contribution in [2.75, 3.05) is 20.2 Å². The lowest BCUT2D eigenvalue weighted by atomic mass is 9.97. The summed E-state index contributed by atoms with van der Waals surface area (Å²) in [6, 6.07) is 8.30. The number of likely N-dealkylation sites (tertiary alicyclic amines) is 1. The van der Waals surface area contributed by atoms with Gasteiger partial charge >= 0.3 is 0 Å². The molecular formula is C19H23N7O. The van der Waals surface area contributed by atoms with E-state index in [1.54, 1.807) is 30.5 Å². The number of methoxy groups -OCH3 is 1. The second kappa shape index (κ2) is 8.22. The summed E-state index contributed by atoms with van der Waals surface area (Å²) in [5.41, 5.74) is 1.95. The number of hydrogen-bond donors (Lipinski definition) is 0. The van der Waals surface area contributed by atoms with Gasteiger partial charge in [0.2, 0.25) is 5.82 Å². The minimum absolute atomic E-state index is 0.515. The van der Waals surface area contributed by atoms with Crippen LogP contribution >= 0.6 is 0 Å². The highest BCUT2D eigenvalue weighted by molar-refractivity contribution is 5.44. The van der Waals surface area contributed by atoms with Crippen LogP contribution in [0.2, 0.25) is 0 Å². The average molecular weight is 365 g/mol. The Hall–Kier alpha value is -2.87. The summed E-state index contributed by atoms with van der Waals surface area (Å²) < 4.78 is 5.23. The smallest absolute Gasteiger partial charge is 0.224 e. The van der Waals surface area contributed by atoms with Gasteiger partial charge in [-0.1, -0.05) is 12.1 Å². The maximum atomic E-state index is 5.23. The molecule has 1 aliphatic rings. The summed E-state index contributed by atoms with van der Waals surface area (Å²) in [5.74, 6) is 1.93. The van der Waals surface area contributed by atoms with Gasteiger partial charge in [-0.05, 0) is 48.2 Å². The molecule has 0 radical (unpaired) electrons. The van der Waals surface area contributed by atoms with E-state index in [2.05, 4.69) is 42.4 Å². The molecule has 1 aliphatic heterocycles. The topological polar surface area (TPSA) is 81.9 Å². The van der Waals surface area contributed by atoms with Crippen molar-refractivity contribution in [1.82, 2.24) is 35.1 Å². The van der Waals surface area contributed by atoms with Gasteiger partial charge in [-0.25, -0.2) is 4.98 Å². The first-order valence-corrected chi connectivity index (χ1v) is 9.19. The van der Waals surface area contributed by atoms with E-state index in [4.69, 9.17) is 4.74 Å². The minimum atomic E-state index is 0.515. The Balaban J connectivity index is 1.35. The van der Waals surface area contributed by atoms with Gasteiger partial charge in [0, 0.05) is 25.5 Å². The van der Waals surface area contributed by atoms with Crippen LogP contribution in [0.25, 0.3) is 11.5 Å². The molecule has 1 saturated heterocycles. The van der Waals surface area contributed by atoms with Gasteiger partial charge in [0.1, 0.15) is 11.4 Å². The van der Waals surface area contributed by atoms with Crippen molar-refractivity contribution >= 4 is 0 Å². The van der Waals surface area contributed by atoms with Crippen LogP contribution in [0.4, 0.5) is 0 Å². The fraction of sp³-hybridized carbons (Fsp3) is 0.421. The lowest BCUT2D eigenvalue weighted by molar-refractivity contribution is 0.149. The largest absolute Gasteiger partial charge is 0.497 e. The summed E-state index contributed by atoms with van der Waals surface area (Å²) in [5, 5.41) is 12.8. The number of nitrogens with zero attached hydrogens (tertiary/aromatic N) is 7. The van der Waals surface area contributed by atoms with Crippen LogP contribution in [-0.2, 0) is 13.1 Å². The quantitative estimate of drug-likeness (QED) is 0.661. The lowest BCUT2D eigenvalue weighted by Gasteiger charge is -2.32. The van der Waals surface area contributed by atoms with E-state index in [1.165, 1.54) is 18.4 Å². The summed E-state index contributed by atoms with van der Waals surface area (Å²) in [6.07, 6.45) is 7.29. The van der Waals surface area contributed by atoms with Gasteiger partial charge in [-0.3, -0.25) is 9.88 Å². The fourth-order valence-electron chi connectivity index (χ4n) is 3.50. The van der Waals surface area contributed by atoms with Crippen molar-refractivity contribution in [3.8, 4) is 17.3 Å². The molecular weight excluding hydrogens is 342 g/mol. The molecule has 1 fully saturated rings. The van der Waals surface area contributed by atoms with Crippen LogP contribution in [0.15, 0.2) is 42.9 Å².